The van der Waals surface area contributed by atoms with Crippen molar-refractivity contribution in [1.82, 2.24) is 10.3 Å². The molecule has 0 saturated carbocycles. The number of amides is 1. The fourth-order valence-electron chi connectivity index (χ4n) is 2.58. The van der Waals surface area contributed by atoms with Gasteiger partial charge in [-0.2, -0.15) is 0 Å². The zero-order valence-corrected chi connectivity index (χ0v) is 15.0. The van der Waals surface area contributed by atoms with Crippen molar-refractivity contribution in [2.45, 2.75) is 20.3 Å². The third kappa shape index (κ3) is 4.23. The summed E-state index contributed by atoms with van der Waals surface area (Å²) < 4.78 is 0.676. The lowest BCUT2D eigenvalue weighted by Crippen LogP contribution is -2.34. The molecule has 0 aliphatic heterocycles. The van der Waals surface area contributed by atoms with E-state index in [1.54, 1.807) is 18.2 Å². The lowest BCUT2D eigenvalue weighted by molar-refractivity contribution is -0.142. The molecule has 6 nitrogen and oxygen atoms in total. The fraction of sp³-hybridized carbons (Fsp3) is 0.353. The summed E-state index contributed by atoms with van der Waals surface area (Å²) in [5.74, 6) is -1.85. The zero-order valence-electron chi connectivity index (χ0n) is 13.4. The van der Waals surface area contributed by atoms with Gasteiger partial charge in [0, 0.05) is 22.5 Å². The van der Waals surface area contributed by atoms with Gasteiger partial charge in [0.05, 0.1) is 17.0 Å². The molecular weight excluding hydrogens is 376 g/mol. The van der Waals surface area contributed by atoms with E-state index < -0.39 is 23.4 Å². The number of nitrogens with one attached hydrogen (secondary N) is 2. The molecule has 24 heavy (non-hydrogen) atoms. The van der Waals surface area contributed by atoms with Crippen LogP contribution in [0.5, 0.6) is 0 Å². The number of halogens is 1. The molecule has 0 bridgehead atoms. The number of benzene rings is 1. The average molecular weight is 395 g/mol. The van der Waals surface area contributed by atoms with Gasteiger partial charge in [-0.25, -0.2) is 0 Å². The van der Waals surface area contributed by atoms with Crippen LogP contribution in [0.3, 0.4) is 0 Å². The molecule has 2 rings (SSSR count). The van der Waals surface area contributed by atoms with Crippen molar-refractivity contribution in [3.63, 3.8) is 0 Å². The molecule has 3 N–H and O–H groups in total. The number of carbonyl (C=O) groups is 2. The van der Waals surface area contributed by atoms with Crippen molar-refractivity contribution >= 4 is 38.7 Å². The topological polar surface area (TPSA) is 99.3 Å². The van der Waals surface area contributed by atoms with Gasteiger partial charge in [0.25, 0.3) is 5.91 Å². The number of fused-ring (bicyclic) bond motifs is 1. The zero-order chi connectivity index (χ0) is 17.9. The standard InChI is InChI=1S/C17H19BrN2O4/c1-9(2)6-10(17(23)24)8-19-16(22)12-7-14(21)20-15-11(12)4-3-5-13(15)18/h3-5,7,9-10H,6,8H2,1-2H3,(H,19,22)(H,20,21)(H,23,24). The molecule has 1 aromatic heterocycles. The molecule has 128 valence electrons. The Labute approximate surface area is 147 Å². The number of carboxylic acid groups (broad SMARTS) is 1. The third-order valence-corrected chi connectivity index (χ3v) is 4.35. The van der Waals surface area contributed by atoms with Crippen molar-refractivity contribution in [3.8, 4) is 0 Å². The predicted molar refractivity (Wildman–Crippen MR) is 95.2 cm³/mol. The monoisotopic (exact) mass is 394 g/mol. The lowest BCUT2D eigenvalue weighted by Gasteiger charge is -2.16. The minimum atomic E-state index is -0.942. The fourth-order valence-corrected chi connectivity index (χ4v) is 3.05. The maximum atomic E-state index is 12.5. The SMILES string of the molecule is CC(C)CC(CNC(=O)c1cc(=O)[nH]c2c(Br)cccc12)C(=O)O. The number of aromatic nitrogens is 1. The van der Waals surface area contributed by atoms with E-state index >= 15 is 0 Å². The van der Waals surface area contributed by atoms with Crippen LogP contribution < -0.4 is 10.9 Å². The first-order chi connectivity index (χ1) is 11.3. The molecule has 0 aliphatic rings. The van der Waals surface area contributed by atoms with E-state index in [9.17, 15) is 19.5 Å². The van der Waals surface area contributed by atoms with Crippen molar-refractivity contribution in [2.75, 3.05) is 6.54 Å². The van der Waals surface area contributed by atoms with Gasteiger partial charge in [0.1, 0.15) is 0 Å². The molecule has 1 heterocycles. The molecule has 7 heteroatoms. The van der Waals surface area contributed by atoms with Crippen LogP contribution >= 0.6 is 15.9 Å². The van der Waals surface area contributed by atoms with Gasteiger partial charge in [-0.3, -0.25) is 14.4 Å². The summed E-state index contributed by atoms with van der Waals surface area (Å²) in [4.78, 5) is 38.2. The molecule has 1 unspecified atom stereocenters. The Bertz CT molecular complexity index is 829. The highest BCUT2D eigenvalue weighted by Crippen LogP contribution is 2.23. The molecule has 0 fully saturated rings. The first-order valence-corrected chi connectivity index (χ1v) is 8.41. The van der Waals surface area contributed by atoms with Crippen molar-refractivity contribution in [1.29, 1.82) is 0 Å². The second-order valence-corrected chi connectivity index (χ2v) is 6.94. The van der Waals surface area contributed by atoms with Gasteiger partial charge in [0.15, 0.2) is 0 Å². The van der Waals surface area contributed by atoms with Crippen molar-refractivity contribution in [2.24, 2.45) is 11.8 Å². The van der Waals surface area contributed by atoms with Crippen LogP contribution in [-0.2, 0) is 4.79 Å². The Morgan fingerprint density at radius 3 is 2.67 bits per heavy atom. The van der Waals surface area contributed by atoms with E-state index in [4.69, 9.17) is 0 Å². The Kier molecular flexibility index (Phi) is 5.77. The number of carbonyl (C=O) groups excluding carboxylic acids is 1. The molecule has 1 aromatic carbocycles. The molecule has 0 spiro atoms. The summed E-state index contributed by atoms with van der Waals surface area (Å²) in [6.07, 6.45) is 0.470. The van der Waals surface area contributed by atoms with Gasteiger partial charge in [0.2, 0.25) is 5.56 Å². The van der Waals surface area contributed by atoms with Crippen LogP contribution in [0.1, 0.15) is 30.6 Å². The summed E-state index contributed by atoms with van der Waals surface area (Å²) in [7, 11) is 0. The Morgan fingerprint density at radius 2 is 2.04 bits per heavy atom. The number of carboxylic acids is 1. The maximum Gasteiger partial charge on any atom is 0.308 e. The third-order valence-electron chi connectivity index (χ3n) is 3.69. The highest BCUT2D eigenvalue weighted by Gasteiger charge is 2.21. The Hall–Kier alpha value is -2.15. The van der Waals surface area contributed by atoms with E-state index in [0.717, 1.165) is 0 Å². The minimum absolute atomic E-state index is 0.0225. The van der Waals surface area contributed by atoms with Crippen molar-refractivity contribution in [3.05, 3.63) is 44.7 Å². The van der Waals surface area contributed by atoms with E-state index in [1.807, 2.05) is 13.8 Å². The molecule has 0 radical (unpaired) electrons. The number of H-pyrrole nitrogens is 1. The Balaban J connectivity index is 2.27. The number of rotatable bonds is 6. The molecule has 0 saturated heterocycles. The molecule has 1 atom stereocenters. The molecule has 1 amide bonds. The van der Waals surface area contributed by atoms with E-state index in [1.165, 1.54) is 6.07 Å². The van der Waals surface area contributed by atoms with Crippen LogP contribution in [0.4, 0.5) is 0 Å². The highest BCUT2D eigenvalue weighted by molar-refractivity contribution is 9.10. The number of hydrogen-bond acceptors (Lipinski definition) is 3. The minimum Gasteiger partial charge on any atom is -0.481 e. The number of aliphatic carboxylic acids is 1. The second kappa shape index (κ2) is 7.61. The van der Waals surface area contributed by atoms with Gasteiger partial charge >= 0.3 is 5.97 Å². The van der Waals surface area contributed by atoms with Gasteiger partial charge in [-0.05, 0) is 34.3 Å². The summed E-state index contributed by atoms with van der Waals surface area (Å²) in [6.45, 7) is 3.88. The second-order valence-electron chi connectivity index (χ2n) is 6.08. The quantitative estimate of drug-likeness (QED) is 0.701. The van der Waals surface area contributed by atoms with Crippen LogP contribution in [0.15, 0.2) is 33.5 Å². The van der Waals surface area contributed by atoms with Gasteiger partial charge in [-0.1, -0.05) is 26.0 Å². The highest BCUT2D eigenvalue weighted by atomic mass is 79.9. The number of hydrogen-bond donors (Lipinski definition) is 3. The van der Waals surface area contributed by atoms with E-state index in [-0.39, 0.29) is 18.0 Å². The van der Waals surface area contributed by atoms with Gasteiger partial charge < -0.3 is 15.4 Å². The number of aromatic amines is 1. The first-order valence-electron chi connectivity index (χ1n) is 7.62. The Morgan fingerprint density at radius 1 is 1.33 bits per heavy atom. The molecule has 2 aromatic rings. The average Bonchev–Trinajstić information content (AvgIpc) is 2.50. The number of pyridine rings is 1. The first kappa shape index (κ1) is 18.2. The normalized spacial score (nSPS) is 12.3. The largest absolute Gasteiger partial charge is 0.481 e. The summed E-state index contributed by atoms with van der Waals surface area (Å²) in [5, 5.41) is 12.5. The summed E-state index contributed by atoms with van der Waals surface area (Å²) in [5.41, 5.74) is 0.368. The predicted octanol–water partition coefficient (Wildman–Crippen LogP) is 2.77. The van der Waals surface area contributed by atoms with Crippen LogP contribution in [0.25, 0.3) is 10.9 Å². The molecule has 0 aliphatic carbocycles. The maximum absolute atomic E-state index is 12.5. The smallest absolute Gasteiger partial charge is 0.308 e. The summed E-state index contributed by atoms with van der Waals surface area (Å²) >= 11 is 3.34. The lowest BCUT2D eigenvalue weighted by atomic mass is 9.97. The van der Waals surface area contributed by atoms with Crippen LogP contribution in [0.2, 0.25) is 0 Å². The van der Waals surface area contributed by atoms with Gasteiger partial charge in [-0.15, -0.1) is 0 Å². The van der Waals surface area contributed by atoms with E-state index in [2.05, 4.69) is 26.2 Å². The van der Waals surface area contributed by atoms with E-state index in [0.29, 0.717) is 21.8 Å². The van der Waals surface area contributed by atoms with Crippen LogP contribution in [0, 0.1) is 11.8 Å². The summed E-state index contributed by atoms with van der Waals surface area (Å²) in [6, 6.07) is 6.49. The molecular formula is C17H19BrN2O4. The number of para-hydroxylation sites is 1. The van der Waals surface area contributed by atoms with Crippen LogP contribution in [-0.4, -0.2) is 28.5 Å². The van der Waals surface area contributed by atoms with Crippen molar-refractivity contribution < 1.29 is 14.7 Å².